The molecule has 0 spiro atoms. The smallest absolute Gasteiger partial charge is 0.315 e. The predicted molar refractivity (Wildman–Crippen MR) is 68.4 cm³/mol. The molecular weight excluding hydrogens is 234 g/mol. The van der Waals surface area contributed by atoms with Crippen LogP contribution in [-0.2, 0) is 4.79 Å². The number of aliphatic carboxylic acids is 1. The maximum Gasteiger partial charge on any atom is 0.315 e. The summed E-state index contributed by atoms with van der Waals surface area (Å²) in [6.07, 6.45) is 2.26. The molecule has 0 aromatic carbocycles. The van der Waals surface area contributed by atoms with Crippen LogP contribution in [0.15, 0.2) is 0 Å². The molecule has 0 saturated carbocycles. The molecule has 1 saturated heterocycles. The van der Waals surface area contributed by atoms with E-state index in [0.29, 0.717) is 12.6 Å². The van der Waals surface area contributed by atoms with Crippen molar-refractivity contribution in [3.63, 3.8) is 0 Å². The first-order valence-corrected chi connectivity index (χ1v) is 6.39. The van der Waals surface area contributed by atoms with Crippen LogP contribution in [0, 0.1) is 5.92 Å². The Morgan fingerprint density at radius 3 is 2.61 bits per heavy atom. The summed E-state index contributed by atoms with van der Waals surface area (Å²) >= 11 is 0. The Labute approximate surface area is 108 Å². The zero-order valence-corrected chi connectivity index (χ0v) is 11.3. The molecule has 0 aromatic rings. The van der Waals surface area contributed by atoms with E-state index in [4.69, 9.17) is 5.11 Å². The van der Waals surface area contributed by atoms with Crippen LogP contribution in [-0.4, -0.2) is 54.2 Å². The van der Waals surface area contributed by atoms with Crippen LogP contribution in [0.2, 0.25) is 0 Å². The molecule has 0 radical (unpaired) electrons. The van der Waals surface area contributed by atoms with Gasteiger partial charge in [0, 0.05) is 18.6 Å². The molecule has 3 N–H and O–H groups in total. The van der Waals surface area contributed by atoms with Gasteiger partial charge in [-0.25, -0.2) is 4.79 Å². The topological polar surface area (TPSA) is 81.7 Å². The minimum absolute atomic E-state index is 0.295. The van der Waals surface area contributed by atoms with Gasteiger partial charge in [-0.1, -0.05) is 0 Å². The minimum Gasteiger partial charge on any atom is -0.481 e. The SMILES string of the molecule is CC(NC(=O)NCC1CCCN1C)C(C)C(=O)O. The average Bonchev–Trinajstić information content (AvgIpc) is 2.71. The molecule has 6 nitrogen and oxygen atoms in total. The van der Waals surface area contributed by atoms with Crippen LogP contribution in [0.5, 0.6) is 0 Å². The van der Waals surface area contributed by atoms with Crippen LogP contribution in [0.4, 0.5) is 4.79 Å². The number of rotatable bonds is 5. The van der Waals surface area contributed by atoms with Gasteiger partial charge in [0.1, 0.15) is 0 Å². The van der Waals surface area contributed by atoms with E-state index in [9.17, 15) is 9.59 Å². The molecular formula is C12H23N3O3. The quantitative estimate of drug-likeness (QED) is 0.669. The van der Waals surface area contributed by atoms with Crippen molar-refractivity contribution in [2.75, 3.05) is 20.1 Å². The van der Waals surface area contributed by atoms with Gasteiger partial charge >= 0.3 is 12.0 Å². The van der Waals surface area contributed by atoms with E-state index in [2.05, 4.69) is 15.5 Å². The van der Waals surface area contributed by atoms with Crippen LogP contribution in [0.1, 0.15) is 26.7 Å². The van der Waals surface area contributed by atoms with Gasteiger partial charge in [0.25, 0.3) is 0 Å². The fourth-order valence-corrected chi connectivity index (χ4v) is 2.04. The number of carboxylic acids is 1. The summed E-state index contributed by atoms with van der Waals surface area (Å²) in [5.41, 5.74) is 0. The van der Waals surface area contributed by atoms with Gasteiger partial charge in [0.2, 0.25) is 0 Å². The summed E-state index contributed by atoms with van der Waals surface area (Å²) in [4.78, 5) is 24.6. The molecule has 1 rings (SSSR count). The zero-order chi connectivity index (χ0) is 13.7. The number of urea groups is 1. The number of hydrogen-bond donors (Lipinski definition) is 3. The van der Waals surface area contributed by atoms with Gasteiger partial charge in [-0.15, -0.1) is 0 Å². The Hall–Kier alpha value is -1.30. The molecule has 1 fully saturated rings. The molecule has 0 bridgehead atoms. The highest BCUT2D eigenvalue weighted by Crippen LogP contribution is 2.13. The molecule has 1 heterocycles. The second kappa shape index (κ2) is 6.58. The monoisotopic (exact) mass is 257 g/mol. The van der Waals surface area contributed by atoms with E-state index in [1.54, 1.807) is 13.8 Å². The van der Waals surface area contributed by atoms with E-state index in [0.717, 1.165) is 19.4 Å². The van der Waals surface area contributed by atoms with Gasteiger partial charge < -0.3 is 20.6 Å². The van der Waals surface area contributed by atoms with Crippen molar-refractivity contribution in [2.24, 2.45) is 5.92 Å². The number of nitrogens with one attached hydrogen (secondary N) is 2. The highest BCUT2D eigenvalue weighted by atomic mass is 16.4. The summed E-state index contributed by atoms with van der Waals surface area (Å²) < 4.78 is 0. The van der Waals surface area contributed by atoms with Gasteiger partial charge in [0.05, 0.1) is 5.92 Å². The molecule has 18 heavy (non-hydrogen) atoms. The lowest BCUT2D eigenvalue weighted by atomic mass is 10.0. The third-order valence-corrected chi connectivity index (χ3v) is 3.67. The summed E-state index contributed by atoms with van der Waals surface area (Å²) in [5, 5.41) is 14.3. The number of carbonyl (C=O) groups is 2. The molecule has 0 aliphatic carbocycles. The van der Waals surface area contributed by atoms with Crippen LogP contribution in [0.3, 0.4) is 0 Å². The first-order chi connectivity index (χ1) is 8.41. The average molecular weight is 257 g/mol. The highest BCUT2D eigenvalue weighted by molar-refractivity contribution is 5.76. The van der Waals surface area contributed by atoms with Crippen molar-refractivity contribution in [1.82, 2.24) is 15.5 Å². The summed E-state index contributed by atoms with van der Waals surface area (Å²) in [6.45, 7) is 4.95. The zero-order valence-electron chi connectivity index (χ0n) is 11.3. The van der Waals surface area contributed by atoms with Crippen LogP contribution < -0.4 is 10.6 Å². The highest BCUT2D eigenvalue weighted by Gasteiger charge is 2.23. The number of carboxylic acid groups (broad SMARTS) is 1. The first kappa shape index (κ1) is 14.8. The number of nitrogens with zero attached hydrogens (tertiary/aromatic N) is 1. The van der Waals surface area contributed by atoms with Crippen molar-refractivity contribution in [2.45, 2.75) is 38.8 Å². The Morgan fingerprint density at radius 2 is 2.11 bits per heavy atom. The summed E-state index contributed by atoms with van der Waals surface area (Å²) in [6, 6.07) is -0.289. The second-order valence-electron chi connectivity index (χ2n) is 5.05. The van der Waals surface area contributed by atoms with Crippen molar-refractivity contribution in [1.29, 1.82) is 0 Å². The second-order valence-corrected chi connectivity index (χ2v) is 5.05. The fourth-order valence-electron chi connectivity index (χ4n) is 2.04. The molecule has 1 aliphatic rings. The maximum absolute atomic E-state index is 11.6. The number of hydrogen-bond acceptors (Lipinski definition) is 3. The molecule has 6 heteroatoms. The summed E-state index contributed by atoms with van der Waals surface area (Å²) in [7, 11) is 2.05. The molecule has 3 unspecified atom stereocenters. The lowest BCUT2D eigenvalue weighted by molar-refractivity contribution is -0.141. The number of likely N-dealkylation sites (tertiary alicyclic amines) is 1. The normalized spacial score (nSPS) is 23.4. The van der Waals surface area contributed by atoms with E-state index in [1.165, 1.54) is 0 Å². The van der Waals surface area contributed by atoms with Crippen molar-refractivity contribution in [3.05, 3.63) is 0 Å². The van der Waals surface area contributed by atoms with E-state index < -0.39 is 11.9 Å². The number of likely N-dealkylation sites (N-methyl/N-ethyl adjacent to an activating group) is 1. The predicted octanol–water partition coefficient (Wildman–Crippen LogP) is 0.489. The van der Waals surface area contributed by atoms with E-state index in [1.807, 2.05) is 7.05 Å². The Bertz CT molecular complexity index is 309. The third-order valence-electron chi connectivity index (χ3n) is 3.67. The lowest BCUT2D eigenvalue weighted by Crippen LogP contribution is -2.48. The Balaban J connectivity index is 2.27. The van der Waals surface area contributed by atoms with E-state index in [-0.39, 0.29) is 12.1 Å². The van der Waals surface area contributed by atoms with E-state index >= 15 is 0 Å². The Morgan fingerprint density at radius 1 is 1.44 bits per heavy atom. The van der Waals surface area contributed by atoms with Crippen molar-refractivity contribution >= 4 is 12.0 Å². The van der Waals surface area contributed by atoms with Gasteiger partial charge in [-0.3, -0.25) is 4.79 Å². The Kier molecular flexibility index (Phi) is 5.40. The molecule has 0 aromatic heterocycles. The molecule has 1 aliphatic heterocycles. The molecule has 104 valence electrons. The molecule has 3 atom stereocenters. The van der Waals surface area contributed by atoms with Crippen LogP contribution >= 0.6 is 0 Å². The van der Waals surface area contributed by atoms with Crippen LogP contribution in [0.25, 0.3) is 0 Å². The van der Waals surface area contributed by atoms with Gasteiger partial charge in [-0.05, 0) is 40.3 Å². The maximum atomic E-state index is 11.6. The number of carbonyl (C=O) groups excluding carboxylic acids is 1. The first-order valence-electron chi connectivity index (χ1n) is 6.39. The van der Waals surface area contributed by atoms with Crippen molar-refractivity contribution in [3.8, 4) is 0 Å². The van der Waals surface area contributed by atoms with Crippen molar-refractivity contribution < 1.29 is 14.7 Å². The molecule has 2 amide bonds. The number of amides is 2. The lowest BCUT2D eigenvalue weighted by Gasteiger charge is -2.22. The standard InChI is InChI=1S/C12H23N3O3/c1-8(11(16)17)9(2)14-12(18)13-7-10-5-4-6-15(10)3/h8-10H,4-7H2,1-3H3,(H,16,17)(H2,13,14,18). The largest absolute Gasteiger partial charge is 0.481 e. The summed E-state index contributed by atoms with van der Waals surface area (Å²) in [5.74, 6) is -1.50. The third kappa shape index (κ3) is 4.18. The van der Waals surface area contributed by atoms with Gasteiger partial charge in [-0.2, -0.15) is 0 Å². The fraction of sp³-hybridized carbons (Fsp3) is 0.833. The minimum atomic E-state index is -0.904. The van der Waals surface area contributed by atoms with Gasteiger partial charge in [0.15, 0.2) is 0 Å².